The molecule has 3 atom stereocenters. The summed E-state index contributed by atoms with van der Waals surface area (Å²) >= 11 is 3.60. The van der Waals surface area contributed by atoms with Gasteiger partial charge < -0.3 is 9.88 Å². The summed E-state index contributed by atoms with van der Waals surface area (Å²) in [5, 5.41) is 3.64. The lowest BCUT2D eigenvalue weighted by molar-refractivity contribution is 0.110. The molecule has 138 valence electrons. The third-order valence-corrected chi connectivity index (χ3v) is 5.99. The largest absolute Gasteiger partial charge is 0.312 e. The van der Waals surface area contributed by atoms with Gasteiger partial charge in [0.2, 0.25) is 0 Å². The molecule has 1 saturated heterocycles. The number of piperazine rings is 1. The first-order valence-corrected chi connectivity index (χ1v) is 10.3. The van der Waals surface area contributed by atoms with E-state index < -0.39 is 0 Å². The minimum Gasteiger partial charge on any atom is -0.312 e. The Balaban J connectivity index is 2.08. The standard InChI is InChI=1S/C19H30BrN5/c1-6-8-16(24-10-12(3)22-13(4)11-24)18-23-17-14(5)15(20)9-21-19(17)25(18)7-2/h9,12-13,16,22H,6-8,10-11H2,1-5H3/t12-,13+,16?. The fraction of sp³-hybridized carbons (Fsp3) is 0.684. The molecule has 0 aliphatic carbocycles. The maximum Gasteiger partial charge on any atom is 0.160 e. The Bertz CT molecular complexity index is 731. The summed E-state index contributed by atoms with van der Waals surface area (Å²) in [6.45, 7) is 14.2. The molecule has 25 heavy (non-hydrogen) atoms. The van der Waals surface area contributed by atoms with Gasteiger partial charge >= 0.3 is 0 Å². The van der Waals surface area contributed by atoms with Gasteiger partial charge in [0, 0.05) is 42.4 Å². The van der Waals surface area contributed by atoms with Crippen LogP contribution in [0.25, 0.3) is 11.2 Å². The Hall–Kier alpha value is -0.980. The van der Waals surface area contributed by atoms with Crippen LogP contribution < -0.4 is 5.32 Å². The molecule has 3 rings (SSSR count). The second kappa shape index (κ2) is 7.72. The molecule has 6 heteroatoms. The first-order chi connectivity index (χ1) is 12.0. The van der Waals surface area contributed by atoms with E-state index in [-0.39, 0.29) is 0 Å². The zero-order valence-corrected chi connectivity index (χ0v) is 17.6. The van der Waals surface area contributed by atoms with Gasteiger partial charge in [-0.1, -0.05) is 13.3 Å². The van der Waals surface area contributed by atoms with Gasteiger partial charge in [0.1, 0.15) is 11.3 Å². The van der Waals surface area contributed by atoms with E-state index in [9.17, 15) is 0 Å². The summed E-state index contributed by atoms with van der Waals surface area (Å²) < 4.78 is 3.34. The zero-order valence-electron chi connectivity index (χ0n) is 16.0. The molecule has 1 unspecified atom stereocenters. The summed E-state index contributed by atoms with van der Waals surface area (Å²) in [6, 6.07) is 1.37. The van der Waals surface area contributed by atoms with Gasteiger partial charge in [0.25, 0.3) is 0 Å². The van der Waals surface area contributed by atoms with E-state index in [0.717, 1.165) is 48.1 Å². The summed E-state index contributed by atoms with van der Waals surface area (Å²) in [5.41, 5.74) is 3.22. The number of aromatic nitrogens is 3. The van der Waals surface area contributed by atoms with Crippen LogP contribution in [0.3, 0.4) is 0 Å². The van der Waals surface area contributed by atoms with Crippen molar-refractivity contribution >= 4 is 27.1 Å². The third kappa shape index (κ3) is 3.62. The molecular weight excluding hydrogens is 378 g/mol. The van der Waals surface area contributed by atoms with Gasteiger partial charge in [0.15, 0.2) is 5.65 Å². The maximum atomic E-state index is 5.10. The van der Waals surface area contributed by atoms with Crippen molar-refractivity contribution in [3.8, 4) is 0 Å². The topological polar surface area (TPSA) is 46.0 Å². The lowest BCUT2D eigenvalue weighted by Crippen LogP contribution is -2.55. The Morgan fingerprint density at radius 1 is 1.28 bits per heavy atom. The van der Waals surface area contributed by atoms with Gasteiger partial charge in [-0.05, 0) is 55.6 Å². The predicted octanol–water partition coefficient (Wildman–Crippen LogP) is 4.05. The highest BCUT2D eigenvalue weighted by Crippen LogP contribution is 2.32. The third-order valence-electron chi connectivity index (χ3n) is 5.19. The van der Waals surface area contributed by atoms with Crippen LogP contribution >= 0.6 is 15.9 Å². The van der Waals surface area contributed by atoms with Crippen molar-refractivity contribution in [2.45, 2.75) is 72.1 Å². The molecule has 5 nitrogen and oxygen atoms in total. The lowest BCUT2D eigenvalue weighted by atomic mass is 10.0. The van der Waals surface area contributed by atoms with E-state index in [0.29, 0.717) is 18.1 Å². The van der Waals surface area contributed by atoms with Crippen LogP contribution in [-0.2, 0) is 6.54 Å². The highest BCUT2D eigenvalue weighted by Gasteiger charge is 2.31. The highest BCUT2D eigenvalue weighted by molar-refractivity contribution is 9.10. The molecule has 3 heterocycles. The summed E-state index contributed by atoms with van der Waals surface area (Å²) in [7, 11) is 0. The van der Waals surface area contributed by atoms with E-state index in [1.807, 2.05) is 6.20 Å². The number of nitrogens with one attached hydrogen (secondary N) is 1. The highest BCUT2D eigenvalue weighted by atomic mass is 79.9. The lowest BCUT2D eigenvalue weighted by Gasteiger charge is -2.40. The smallest absolute Gasteiger partial charge is 0.160 e. The number of hydrogen-bond acceptors (Lipinski definition) is 4. The van der Waals surface area contributed by atoms with Crippen molar-refractivity contribution in [3.05, 3.63) is 22.1 Å². The average molecular weight is 408 g/mol. The molecule has 1 N–H and O–H groups in total. The number of pyridine rings is 1. The van der Waals surface area contributed by atoms with Gasteiger partial charge in [-0.2, -0.15) is 0 Å². The number of aryl methyl sites for hydroxylation is 2. The first kappa shape index (κ1) is 18.8. The van der Waals surface area contributed by atoms with Gasteiger partial charge in [-0.3, -0.25) is 4.90 Å². The van der Waals surface area contributed by atoms with Crippen LogP contribution in [0.1, 0.15) is 58.0 Å². The Morgan fingerprint density at radius 3 is 2.56 bits per heavy atom. The average Bonchev–Trinajstić information content (AvgIpc) is 2.94. The van der Waals surface area contributed by atoms with Gasteiger partial charge in [0.05, 0.1) is 6.04 Å². The maximum absolute atomic E-state index is 5.10. The summed E-state index contributed by atoms with van der Waals surface area (Å²) in [6.07, 6.45) is 4.18. The number of hydrogen-bond donors (Lipinski definition) is 1. The normalized spacial score (nSPS) is 23.3. The van der Waals surface area contributed by atoms with Crippen LogP contribution in [0.4, 0.5) is 0 Å². The molecule has 2 aromatic heterocycles. The molecule has 0 aromatic carbocycles. The van der Waals surface area contributed by atoms with E-state index in [1.54, 1.807) is 0 Å². The molecule has 0 radical (unpaired) electrons. The fourth-order valence-electron chi connectivity index (χ4n) is 4.11. The van der Waals surface area contributed by atoms with E-state index in [1.165, 1.54) is 11.4 Å². The Morgan fingerprint density at radius 2 is 1.96 bits per heavy atom. The van der Waals surface area contributed by atoms with Crippen molar-refractivity contribution in [1.29, 1.82) is 0 Å². The zero-order chi connectivity index (χ0) is 18.1. The van der Waals surface area contributed by atoms with E-state index >= 15 is 0 Å². The minimum atomic E-state index is 0.351. The van der Waals surface area contributed by atoms with Crippen molar-refractivity contribution in [2.75, 3.05) is 13.1 Å². The molecular formula is C19H30BrN5. The monoisotopic (exact) mass is 407 g/mol. The van der Waals surface area contributed by atoms with Crippen LogP contribution in [0, 0.1) is 6.92 Å². The molecule has 0 bridgehead atoms. The van der Waals surface area contributed by atoms with Crippen LogP contribution in [0.5, 0.6) is 0 Å². The fourth-order valence-corrected chi connectivity index (χ4v) is 4.40. The molecule has 1 aliphatic rings. The summed E-state index contributed by atoms with van der Waals surface area (Å²) in [4.78, 5) is 12.4. The second-order valence-electron chi connectivity index (χ2n) is 7.34. The SMILES string of the molecule is CCCC(c1nc2c(C)c(Br)cnc2n1CC)N1C[C@@H](C)N[C@@H](C)C1. The minimum absolute atomic E-state index is 0.351. The van der Waals surface area contributed by atoms with E-state index in [2.05, 4.69) is 70.3 Å². The molecule has 0 spiro atoms. The Labute approximate surface area is 159 Å². The van der Waals surface area contributed by atoms with Gasteiger partial charge in [-0.15, -0.1) is 0 Å². The number of halogens is 1. The molecule has 0 amide bonds. The molecule has 1 aliphatic heterocycles. The number of nitrogens with zero attached hydrogens (tertiary/aromatic N) is 4. The molecule has 1 fully saturated rings. The Kier molecular flexibility index (Phi) is 5.81. The van der Waals surface area contributed by atoms with Crippen LogP contribution in [0.2, 0.25) is 0 Å². The van der Waals surface area contributed by atoms with Crippen molar-refractivity contribution in [3.63, 3.8) is 0 Å². The molecule has 2 aromatic rings. The van der Waals surface area contributed by atoms with Crippen molar-refractivity contribution in [2.24, 2.45) is 0 Å². The second-order valence-corrected chi connectivity index (χ2v) is 8.20. The van der Waals surface area contributed by atoms with Gasteiger partial charge in [-0.25, -0.2) is 9.97 Å². The number of imidazole rings is 1. The first-order valence-electron chi connectivity index (χ1n) is 9.47. The van der Waals surface area contributed by atoms with Crippen molar-refractivity contribution in [1.82, 2.24) is 24.8 Å². The van der Waals surface area contributed by atoms with E-state index in [4.69, 9.17) is 4.98 Å². The number of fused-ring (bicyclic) bond motifs is 1. The van der Waals surface area contributed by atoms with Crippen molar-refractivity contribution < 1.29 is 0 Å². The van der Waals surface area contributed by atoms with Crippen LogP contribution in [-0.4, -0.2) is 44.6 Å². The number of rotatable bonds is 5. The molecule has 0 saturated carbocycles. The summed E-state index contributed by atoms with van der Waals surface area (Å²) in [5.74, 6) is 1.18. The predicted molar refractivity (Wildman–Crippen MR) is 107 cm³/mol. The van der Waals surface area contributed by atoms with Crippen LogP contribution in [0.15, 0.2) is 10.7 Å². The quantitative estimate of drug-likeness (QED) is 0.811.